The third-order valence-corrected chi connectivity index (χ3v) is 5.78. The van der Waals surface area contributed by atoms with Crippen molar-refractivity contribution in [2.45, 2.75) is 30.6 Å². The van der Waals surface area contributed by atoms with E-state index in [4.69, 9.17) is 15.2 Å². The first-order valence-corrected chi connectivity index (χ1v) is 10.4. The second-order valence-corrected chi connectivity index (χ2v) is 7.83. The van der Waals surface area contributed by atoms with Crippen molar-refractivity contribution in [3.63, 3.8) is 0 Å². The number of nitrogens with two attached hydrogens (primary N) is 1. The molecule has 4 atom stereocenters. The molecule has 4 rings (SSSR count). The number of aromatic nitrogens is 2. The molecule has 1 aromatic carbocycles. The molecule has 1 amide bonds. The van der Waals surface area contributed by atoms with E-state index in [0.29, 0.717) is 0 Å². The average molecular weight is 501 g/mol. The quantitative estimate of drug-likeness (QED) is 0.534. The van der Waals surface area contributed by atoms with Gasteiger partial charge in [-0.05, 0) is 18.2 Å². The summed E-state index contributed by atoms with van der Waals surface area (Å²) in [5, 5.41) is 2.46. The van der Waals surface area contributed by atoms with Crippen molar-refractivity contribution in [3.8, 4) is 5.88 Å². The van der Waals surface area contributed by atoms with Gasteiger partial charge in [0, 0.05) is 17.7 Å². The van der Waals surface area contributed by atoms with Crippen LogP contribution in [0.2, 0.25) is 0 Å². The molecule has 0 saturated carbocycles. The Morgan fingerprint density at radius 1 is 1.29 bits per heavy atom. The normalized spacial score (nSPS) is 25.5. The summed E-state index contributed by atoms with van der Waals surface area (Å²) in [6, 6.07) is 2.88. The predicted octanol–water partition coefficient (Wildman–Crippen LogP) is 2.72. The number of amidine groups is 1. The molecule has 188 valence electrons. The van der Waals surface area contributed by atoms with E-state index in [0.717, 1.165) is 24.5 Å². The Kier molecular flexibility index (Phi) is 7.00. The zero-order chi connectivity index (χ0) is 25.2. The molecule has 0 unspecified atom stereocenters. The van der Waals surface area contributed by atoms with Gasteiger partial charge < -0.3 is 25.3 Å². The Bertz CT molecular complexity index is 1110. The van der Waals surface area contributed by atoms with Gasteiger partial charge in [-0.15, -0.1) is 0 Å². The van der Waals surface area contributed by atoms with E-state index in [1.54, 1.807) is 0 Å². The van der Waals surface area contributed by atoms with Gasteiger partial charge in [-0.2, -0.15) is 0 Å². The molecule has 0 aliphatic carbocycles. The molecule has 14 heteroatoms. The minimum Gasteiger partial charge on any atom is -0.459 e. The van der Waals surface area contributed by atoms with Crippen LogP contribution in [-0.4, -0.2) is 60.7 Å². The number of carbonyl (C=O) groups is 1. The number of nitrogens with zero attached hydrogens (tertiary/aromatic N) is 3. The molecular weight excluding hydrogens is 481 g/mol. The van der Waals surface area contributed by atoms with Crippen molar-refractivity contribution in [2.24, 2.45) is 16.6 Å². The summed E-state index contributed by atoms with van der Waals surface area (Å²) in [5.74, 6) is -2.90. The van der Waals surface area contributed by atoms with E-state index in [2.05, 4.69) is 25.0 Å². The summed E-state index contributed by atoms with van der Waals surface area (Å²) in [7, 11) is 0. The standard InChI is InChI=1S/C21H20F5N5O4/c22-8-21(18-14(4-16(25)26)33-7-15(18)35-20(27)31-21)11-3-10(1-2-12(11)24)30-19(32)13-5-29-17(6-28-13)34-9-23/h1-3,5-6,14-16,18H,4,7-9H2,(H2,27,31)(H,30,32)/t14-,15+,18-,21+/m0/s1. The van der Waals surface area contributed by atoms with Crippen LogP contribution < -0.4 is 15.8 Å². The van der Waals surface area contributed by atoms with E-state index >= 15 is 4.39 Å². The average Bonchev–Trinajstić information content (AvgIpc) is 3.22. The van der Waals surface area contributed by atoms with Gasteiger partial charge in [0.05, 0.1) is 31.0 Å². The topological polar surface area (TPSA) is 121 Å². The molecule has 35 heavy (non-hydrogen) atoms. The lowest BCUT2D eigenvalue weighted by Crippen LogP contribution is -2.52. The van der Waals surface area contributed by atoms with Crippen LogP contribution in [0.25, 0.3) is 0 Å². The zero-order valence-electron chi connectivity index (χ0n) is 18.0. The van der Waals surface area contributed by atoms with E-state index in [9.17, 15) is 22.4 Å². The molecule has 2 aromatic rings. The van der Waals surface area contributed by atoms with Crippen LogP contribution in [0.1, 0.15) is 22.5 Å². The van der Waals surface area contributed by atoms with Gasteiger partial charge in [0.1, 0.15) is 29.8 Å². The number of aliphatic imine (C=N–C) groups is 1. The minimum absolute atomic E-state index is 0.0336. The molecule has 1 aromatic heterocycles. The van der Waals surface area contributed by atoms with Gasteiger partial charge >= 0.3 is 0 Å². The smallest absolute Gasteiger partial charge is 0.283 e. The lowest BCUT2D eigenvalue weighted by Gasteiger charge is -2.41. The molecule has 2 aliphatic rings. The number of hydrogen-bond acceptors (Lipinski definition) is 8. The lowest BCUT2D eigenvalue weighted by atomic mass is 9.73. The monoisotopic (exact) mass is 501 g/mol. The van der Waals surface area contributed by atoms with Crippen LogP contribution in [0.4, 0.5) is 27.6 Å². The first-order chi connectivity index (χ1) is 16.8. The molecule has 1 saturated heterocycles. The van der Waals surface area contributed by atoms with Crippen molar-refractivity contribution in [1.29, 1.82) is 0 Å². The van der Waals surface area contributed by atoms with Gasteiger partial charge in [0.15, 0.2) is 0 Å². The Hall–Kier alpha value is -3.55. The maximum absolute atomic E-state index is 15.1. The summed E-state index contributed by atoms with van der Waals surface area (Å²) < 4.78 is 83.6. The maximum Gasteiger partial charge on any atom is 0.283 e. The molecular formula is C21H20F5N5O4. The number of anilines is 1. The van der Waals surface area contributed by atoms with Crippen LogP contribution in [0, 0.1) is 11.7 Å². The third kappa shape index (κ3) is 4.83. The summed E-state index contributed by atoms with van der Waals surface area (Å²) in [4.78, 5) is 24.1. The number of benzene rings is 1. The highest BCUT2D eigenvalue weighted by atomic mass is 19.3. The van der Waals surface area contributed by atoms with E-state index < -0.39 is 67.8 Å². The Morgan fingerprint density at radius 2 is 2.09 bits per heavy atom. The number of hydrogen-bond donors (Lipinski definition) is 2. The summed E-state index contributed by atoms with van der Waals surface area (Å²) in [6.07, 6.45) is -3.54. The molecule has 9 nitrogen and oxygen atoms in total. The fraction of sp³-hybridized carbons (Fsp3) is 0.429. The highest BCUT2D eigenvalue weighted by Gasteiger charge is 2.57. The number of fused-ring (bicyclic) bond motifs is 1. The Morgan fingerprint density at radius 3 is 2.74 bits per heavy atom. The van der Waals surface area contributed by atoms with Crippen LogP contribution in [0.3, 0.4) is 0 Å². The zero-order valence-corrected chi connectivity index (χ0v) is 18.0. The van der Waals surface area contributed by atoms with Gasteiger partial charge in [0.2, 0.25) is 19.2 Å². The van der Waals surface area contributed by atoms with E-state index in [-0.39, 0.29) is 29.4 Å². The molecule has 0 radical (unpaired) electrons. The minimum atomic E-state index is -2.77. The molecule has 0 bridgehead atoms. The van der Waals surface area contributed by atoms with E-state index in [1.807, 2.05) is 0 Å². The number of halogens is 5. The predicted molar refractivity (Wildman–Crippen MR) is 111 cm³/mol. The largest absolute Gasteiger partial charge is 0.459 e. The number of rotatable bonds is 8. The van der Waals surface area contributed by atoms with Gasteiger partial charge in [0.25, 0.3) is 11.9 Å². The van der Waals surface area contributed by atoms with Crippen molar-refractivity contribution in [3.05, 3.63) is 47.7 Å². The van der Waals surface area contributed by atoms with Crippen LogP contribution in [0.5, 0.6) is 5.88 Å². The Labute approximate surface area is 195 Å². The van der Waals surface area contributed by atoms with E-state index in [1.165, 1.54) is 6.07 Å². The van der Waals surface area contributed by atoms with Crippen molar-refractivity contribution < 1.29 is 41.0 Å². The first kappa shape index (κ1) is 24.6. The van der Waals surface area contributed by atoms with Gasteiger partial charge in [-0.3, -0.25) is 4.79 Å². The first-order valence-electron chi connectivity index (χ1n) is 10.4. The van der Waals surface area contributed by atoms with Gasteiger partial charge in [-0.1, -0.05) is 0 Å². The molecule has 2 aliphatic heterocycles. The second kappa shape index (κ2) is 9.98. The summed E-state index contributed by atoms with van der Waals surface area (Å²) in [6.45, 7) is -2.58. The van der Waals surface area contributed by atoms with Crippen LogP contribution in [-0.2, 0) is 15.0 Å². The van der Waals surface area contributed by atoms with Crippen LogP contribution in [0.15, 0.2) is 35.6 Å². The maximum atomic E-state index is 15.1. The number of carbonyl (C=O) groups excluding carboxylic acids is 1. The van der Waals surface area contributed by atoms with Gasteiger partial charge in [-0.25, -0.2) is 36.9 Å². The number of nitrogens with one attached hydrogen (secondary N) is 1. The lowest BCUT2D eigenvalue weighted by molar-refractivity contribution is -0.00284. The SMILES string of the molecule is NC1=N[C@](CF)(c2cc(NC(=O)c3cnc(OCF)cn3)ccc2F)[C@H]2[C@H](CC(F)F)OC[C@H]2O1. The molecule has 3 heterocycles. The molecule has 3 N–H and O–H groups in total. The Balaban J connectivity index is 1.67. The van der Waals surface area contributed by atoms with Crippen molar-refractivity contribution in [1.82, 2.24) is 9.97 Å². The molecule has 1 fully saturated rings. The highest BCUT2D eigenvalue weighted by molar-refractivity contribution is 6.02. The van der Waals surface area contributed by atoms with Crippen LogP contribution >= 0.6 is 0 Å². The third-order valence-electron chi connectivity index (χ3n) is 5.78. The van der Waals surface area contributed by atoms with Crippen molar-refractivity contribution >= 4 is 17.6 Å². The summed E-state index contributed by atoms with van der Waals surface area (Å²) >= 11 is 0. The second-order valence-electron chi connectivity index (χ2n) is 7.83. The molecule has 0 spiro atoms. The van der Waals surface area contributed by atoms with Crippen molar-refractivity contribution in [2.75, 3.05) is 25.5 Å². The number of ether oxygens (including phenoxy) is 3. The fourth-order valence-corrected chi connectivity index (χ4v) is 4.35. The fourth-order valence-electron chi connectivity index (χ4n) is 4.35. The highest BCUT2D eigenvalue weighted by Crippen LogP contribution is 2.48. The number of amides is 1. The summed E-state index contributed by atoms with van der Waals surface area (Å²) in [5.41, 5.74) is 3.24. The number of alkyl halides is 4.